The van der Waals surface area contributed by atoms with E-state index in [2.05, 4.69) is 36.5 Å². The van der Waals surface area contributed by atoms with Gasteiger partial charge in [0.15, 0.2) is 0 Å². The minimum atomic E-state index is 0.290. The van der Waals surface area contributed by atoms with Gasteiger partial charge >= 0.3 is 0 Å². The van der Waals surface area contributed by atoms with Gasteiger partial charge in [-0.15, -0.1) is 0 Å². The highest BCUT2D eigenvalue weighted by Crippen LogP contribution is 2.51. The summed E-state index contributed by atoms with van der Waals surface area (Å²) in [5.41, 5.74) is 3.10. The van der Waals surface area contributed by atoms with Gasteiger partial charge in [-0.3, -0.25) is 4.79 Å². The van der Waals surface area contributed by atoms with Crippen molar-refractivity contribution in [3.05, 3.63) is 35.4 Å². The summed E-state index contributed by atoms with van der Waals surface area (Å²) >= 11 is 0. The van der Waals surface area contributed by atoms with Crippen LogP contribution in [0.1, 0.15) is 49.7 Å². The van der Waals surface area contributed by atoms with Crippen molar-refractivity contribution in [3.8, 4) is 0 Å². The zero-order valence-electron chi connectivity index (χ0n) is 12.1. The Morgan fingerprint density at radius 2 is 2.10 bits per heavy atom. The first-order chi connectivity index (χ1) is 9.78. The quantitative estimate of drug-likeness (QED) is 0.913. The van der Waals surface area contributed by atoms with E-state index in [1.54, 1.807) is 5.56 Å². The molecule has 5 rings (SSSR count). The summed E-state index contributed by atoms with van der Waals surface area (Å²) in [4.78, 5) is 12.3. The van der Waals surface area contributed by atoms with Gasteiger partial charge in [-0.05, 0) is 48.6 Å². The highest BCUT2D eigenvalue weighted by atomic mass is 16.1. The Morgan fingerprint density at radius 3 is 2.90 bits per heavy atom. The molecule has 0 spiro atoms. The molecule has 4 bridgehead atoms. The van der Waals surface area contributed by atoms with Crippen LogP contribution in [-0.2, 0) is 11.2 Å². The molecule has 5 unspecified atom stereocenters. The van der Waals surface area contributed by atoms with E-state index in [0.29, 0.717) is 29.7 Å². The molecule has 2 saturated heterocycles. The second kappa shape index (κ2) is 4.70. The molecule has 1 N–H and O–H groups in total. The fraction of sp³-hybridized carbons (Fsp3) is 0.611. The maximum Gasteiger partial charge on any atom is 0.137 e. The number of piperidine rings is 2. The lowest BCUT2D eigenvalue weighted by atomic mass is 9.57. The Morgan fingerprint density at radius 1 is 1.25 bits per heavy atom. The number of carbonyl (C=O) groups is 1. The van der Waals surface area contributed by atoms with Crippen molar-refractivity contribution in [2.45, 2.75) is 57.0 Å². The third-order valence-corrected chi connectivity index (χ3v) is 5.79. The first-order valence-electron chi connectivity index (χ1n) is 8.14. The predicted octanol–water partition coefficient (Wildman–Crippen LogP) is 3.06. The van der Waals surface area contributed by atoms with Gasteiger partial charge in [-0.2, -0.15) is 0 Å². The smallest absolute Gasteiger partial charge is 0.137 e. The molecule has 1 saturated carbocycles. The standard InChI is InChI=1S/C18H23NO/c1-2-5-18(20)15-9-14-13-10-17(15)19-16(14)8-11-6-3-4-7-12(11)13/h3-4,6-7,13-17,19H,2,5,8-10H2,1H3. The second-order valence-electron chi connectivity index (χ2n) is 6.85. The molecular weight excluding hydrogens is 246 g/mol. The highest BCUT2D eigenvalue weighted by Gasteiger charge is 2.51. The van der Waals surface area contributed by atoms with E-state index in [1.165, 1.54) is 5.56 Å². The lowest BCUT2D eigenvalue weighted by molar-refractivity contribution is -0.127. The fourth-order valence-electron chi connectivity index (χ4n) is 4.94. The maximum atomic E-state index is 12.3. The normalized spacial score (nSPS) is 37.5. The zero-order chi connectivity index (χ0) is 13.7. The number of nitrogens with one attached hydrogen (secondary N) is 1. The van der Waals surface area contributed by atoms with Gasteiger partial charge in [0.05, 0.1) is 0 Å². The molecule has 0 aromatic heterocycles. The summed E-state index contributed by atoms with van der Waals surface area (Å²) in [5.74, 6) is 2.17. The van der Waals surface area contributed by atoms with Crippen LogP contribution in [0.25, 0.3) is 0 Å². The van der Waals surface area contributed by atoms with Gasteiger partial charge in [0.1, 0.15) is 5.78 Å². The average Bonchev–Trinajstić information content (AvgIpc) is 2.47. The Labute approximate surface area is 121 Å². The van der Waals surface area contributed by atoms with E-state index in [4.69, 9.17) is 0 Å². The highest BCUT2D eigenvalue weighted by molar-refractivity contribution is 5.82. The van der Waals surface area contributed by atoms with Crippen molar-refractivity contribution < 1.29 is 4.79 Å². The number of fused-ring (bicyclic) bond motifs is 2. The zero-order valence-corrected chi connectivity index (χ0v) is 12.1. The van der Waals surface area contributed by atoms with E-state index >= 15 is 0 Å². The van der Waals surface area contributed by atoms with Gasteiger partial charge in [-0.1, -0.05) is 31.2 Å². The molecule has 1 aromatic rings. The molecule has 2 heteroatoms. The topological polar surface area (TPSA) is 29.1 Å². The minimum absolute atomic E-state index is 0.290. The molecular formula is C18H23NO. The van der Waals surface area contributed by atoms with Crippen molar-refractivity contribution in [1.29, 1.82) is 0 Å². The molecule has 20 heavy (non-hydrogen) atoms. The van der Waals surface area contributed by atoms with Crippen molar-refractivity contribution in [3.63, 3.8) is 0 Å². The number of hydrogen-bond acceptors (Lipinski definition) is 2. The number of Topliss-reactive ketones (excluding diaryl/α,β-unsaturated/α-hetero) is 1. The third kappa shape index (κ3) is 1.77. The molecule has 1 aromatic carbocycles. The number of ketones is 1. The van der Waals surface area contributed by atoms with Crippen LogP contribution in [0.2, 0.25) is 0 Å². The van der Waals surface area contributed by atoms with Gasteiger partial charge in [-0.25, -0.2) is 0 Å². The van der Waals surface area contributed by atoms with Crippen LogP contribution in [0.15, 0.2) is 24.3 Å². The molecule has 0 amide bonds. The second-order valence-corrected chi connectivity index (χ2v) is 6.85. The summed E-state index contributed by atoms with van der Waals surface area (Å²) in [6.07, 6.45) is 5.20. The number of rotatable bonds is 3. The molecule has 3 fully saturated rings. The van der Waals surface area contributed by atoms with Crippen molar-refractivity contribution >= 4 is 5.78 Å². The van der Waals surface area contributed by atoms with Crippen LogP contribution >= 0.6 is 0 Å². The van der Waals surface area contributed by atoms with Crippen LogP contribution in [0.3, 0.4) is 0 Å². The van der Waals surface area contributed by atoms with E-state index in [-0.39, 0.29) is 5.92 Å². The van der Waals surface area contributed by atoms with Crippen molar-refractivity contribution in [2.75, 3.05) is 0 Å². The Hall–Kier alpha value is -1.15. The van der Waals surface area contributed by atoms with Crippen LogP contribution in [0, 0.1) is 11.8 Å². The van der Waals surface area contributed by atoms with Gasteiger partial charge in [0, 0.05) is 24.4 Å². The monoisotopic (exact) mass is 269 g/mol. The SMILES string of the molecule is CCCC(=O)C1CC2C3Cc4ccccc4C2CC1N3. The Kier molecular flexibility index (Phi) is 2.95. The summed E-state index contributed by atoms with van der Waals surface area (Å²) in [5, 5.41) is 3.79. The number of carbonyl (C=O) groups excluding carboxylic acids is 1. The van der Waals surface area contributed by atoms with Gasteiger partial charge in [0.2, 0.25) is 0 Å². The van der Waals surface area contributed by atoms with Crippen LogP contribution in [-0.4, -0.2) is 17.9 Å². The minimum Gasteiger partial charge on any atom is -0.310 e. The number of benzene rings is 1. The fourth-order valence-corrected chi connectivity index (χ4v) is 4.94. The van der Waals surface area contributed by atoms with Crippen LogP contribution in [0.4, 0.5) is 0 Å². The van der Waals surface area contributed by atoms with E-state index in [1.807, 2.05) is 0 Å². The van der Waals surface area contributed by atoms with Crippen molar-refractivity contribution in [1.82, 2.24) is 5.32 Å². The molecule has 0 radical (unpaired) electrons. The van der Waals surface area contributed by atoms with Crippen LogP contribution in [0.5, 0.6) is 0 Å². The largest absolute Gasteiger partial charge is 0.310 e. The Balaban J connectivity index is 1.62. The first kappa shape index (κ1) is 12.6. The number of hydrogen-bond donors (Lipinski definition) is 1. The molecule has 106 valence electrons. The molecule has 2 aliphatic carbocycles. The molecule has 5 atom stereocenters. The van der Waals surface area contributed by atoms with Gasteiger partial charge < -0.3 is 5.32 Å². The first-order valence-corrected chi connectivity index (χ1v) is 8.14. The van der Waals surface area contributed by atoms with Crippen molar-refractivity contribution in [2.24, 2.45) is 11.8 Å². The third-order valence-electron chi connectivity index (χ3n) is 5.79. The summed E-state index contributed by atoms with van der Waals surface area (Å²) in [7, 11) is 0. The van der Waals surface area contributed by atoms with E-state index in [9.17, 15) is 4.79 Å². The molecule has 2 aliphatic heterocycles. The molecule has 2 heterocycles. The molecule has 4 aliphatic rings. The van der Waals surface area contributed by atoms with Gasteiger partial charge in [0.25, 0.3) is 0 Å². The maximum absolute atomic E-state index is 12.3. The summed E-state index contributed by atoms with van der Waals surface area (Å²) < 4.78 is 0. The van der Waals surface area contributed by atoms with Crippen LogP contribution < -0.4 is 5.32 Å². The Bertz CT molecular complexity index is 538. The summed E-state index contributed by atoms with van der Waals surface area (Å²) in [6.45, 7) is 2.11. The molecule has 2 nitrogen and oxygen atoms in total. The van der Waals surface area contributed by atoms with E-state index < -0.39 is 0 Å². The lowest BCUT2D eigenvalue weighted by Crippen LogP contribution is -2.63. The predicted molar refractivity (Wildman–Crippen MR) is 79.7 cm³/mol. The van der Waals surface area contributed by atoms with E-state index in [0.717, 1.165) is 32.1 Å². The lowest BCUT2D eigenvalue weighted by Gasteiger charge is -2.55. The average molecular weight is 269 g/mol. The summed E-state index contributed by atoms with van der Waals surface area (Å²) in [6, 6.07) is 9.98.